The second-order valence-corrected chi connectivity index (χ2v) is 14.6. The Morgan fingerprint density at radius 3 is 2.21 bits per heavy atom. The number of para-hydroxylation sites is 1. The molecule has 0 radical (unpaired) electrons. The molecule has 250 valence electrons. The number of carbonyl (C=O) groups excluding carboxylic acids is 2. The fourth-order valence-electron chi connectivity index (χ4n) is 6.95. The van der Waals surface area contributed by atoms with E-state index in [0.717, 1.165) is 35.8 Å². The third-order valence-electron chi connectivity index (χ3n) is 9.64. The summed E-state index contributed by atoms with van der Waals surface area (Å²) in [7, 11) is -2.25. The molecule has 0 aliphatic carbocycles. The van der Waals surface area contributed by atoms with E-state index in [0.29, 0.717) is 50.1 Å². The quantitative estimate of drug-likeness (QED) is 0.332. The number of piperidine rings is 1. The lowest BCUT2D eigenvalue weighted by Gasteiger charge is -2.42. The Morgan fingerprint density at radius 2 is 1.55 bits per heavy atom. The summed E-state index contributed by atoms with van der Waals surface area (Å²) in [6, 6.07) is 20.5. The van der Waals surface area contributed by atoms with Gasteiger partial charge >= 0.3 is 6.09 Å². The lowest BCUT2D eigenvalue weighted by molar-refractivity contribution is -0.132. The highest BCUT2D eigenvalue weighted by Gasteiger charge is 2.61. The molecule has 10 nitrogen and oxygen atoms in total. The van der Waals surface area contributed by atoms with Crippen LogP contribution in [0.2, 0.25) is 0 Å². The number of rotatable bonds is 8. The van der Waals surface area contributed by atoms with Gasteiger partial charge in [0.25, 0.3) is 15.9 Å². The Balaban J connectivity index is 1.44. The summed E-state index contributed by atoms with van der Waals surface area (Å²) < 4.78 is 41.8. The molecule has 3 aromatic carbocycles. The van der Waals surface area contributed by atoms with Crippen molar-refractivity contribution in [3.8, 4) is 5.75 Å². The zero-order chi connectivity index (χ0) is 33.3. The molecule has 0 aromatic heterocycles. The van der Waals surface area contributed by atoms with Crippen molar-refractivity contribution in [2.75, 3.05) is 57.2 Å². The first-order valence-electron chi connectivity index (χ1n) is 16.5. The number of amides is 2. The number of fused-ring (bicyclic) bond motifs is 1. The van der Waals surface area contributed by atoms with Crippen LogP contribution in [-0.4, -0.2) is 94.1 Å². The second-order valence-electron chi connectivity index (χ2n) is 12.9. The molecule has 0 spiro atoms. The molecule has 3 aromatic rings. The fraction of sp³-hybridized carbons (Fsp3) is 0.444. The van der Waals surface area contributed by atoms with Crippen LogP contribution in [0.1, 0.15) is 56.2 Å². The average Bonchev–Trinajstić information content (AvgIpc) is 3.33. The number of anilines is 1. The highest BCUT2D eigenvalue weighted by atomic mass is 32.2. The van der Waals surface area contributed by atoms with Gasteiger partial charge in [-0.15, -0.1) is 0 Å². The minimum atomic E-state index is -4.39. The maximum atomic E-state index is 15.0. The summed E-state index contributed by atoms with van der Waals surface area (Å²) in [5.74, 6) is -0.496. The molecule has 2 saturated heterocycles. The van der Waals surface area contributed by atoms with E-state index in [9.17, 15) is 13.2 Å². The van der Waals surface area contributed by atoms with Crippen molar-refractivity contribution in [3.63, 3.8) is 0 Å². The first-order valence-corrected chi connectivity index (χ1v) is 17.9. The maximum absolute atomic E-state index is 15.0. The fourth-order valence-corrected chi connectivity index (χ4v) is 8.43. The lowest BCUT2D eigenvalue weighted by Crippen LogP contribution is -2.55. The molecule has 6 rings (SSSR count). The Morgan fingerprint density at radius 1 is 0.894 bits per heavy atom. The molecule has 1 unspecified atom stereocenters. The van der Waals surface area contributed by atoms with E-state index in [-0.39, 0.29) is 22.1 Å². The van der Waals surface area contributed by atoms with Gasteiger partial charge in [0, 0.05) is 37.8 Å². The first-order chi connectivity index (χ1) is 22.6. The molecule has 3 aliphatic rings. The van der Waals surface area contributed by atoms with Gasteiger partial charge in [-0.2, -0.15) is 4.31 Å². The van der Waals surface area contributed by atoms with Crippen molar-refractivity contribution in [2.45, 2.75) is 56.1 Å². The number of hydrogen-bond donors (Lipinski definition) is 0. The summed E-state index contributed by atoms with van der Waals surface area (Å²) in [6.45, 7) is 10.5. The molecule has 0 bridgehead atoms. The molecular formula is C36H44N4O6S. The van der Waals surface area contributed by atoms with Gasteiger partial charge in [-0.25, -0.2) is 13.2 Å². The van der Waals surface area contributed by atoms with Gasteiger partial charge in [-0.3, -0.25) is 9.69 Å². The van der Waals surface area contributed by atoms with Crippen LogP contribution in [0.5, 0.6) is 5.75 Å². The second kappa shape index (κ2) is 13.3. The lowest BCUT2D eigenvalue weighted by atomic mass is 9.84. The molecule has 2 fully saturated rings. The minimum Gasteiger partial charge on any atom is -0.493 e. The molecule has 0 saturated carbocycles. The van der Waals surface area contributed by atoms with Crippen LogP contribution in [0.15, 0.2) is 77.7 Å². The largest absolute Gasteiger partial charge is 0.493 e. The maximum Gasteiger partial charge on any atom is 0.411 e. The summed E-state index contributed by atoms with van der Waals surface area (Å²) >= 11 is 0. The predicted molar refractivity (Wildman–Crippen MR) is 180 cm³/mol. The van der Waals surface area contributed by atoms with Crippen molar-refractivity contribution in [1.82, 2.24) is 14.7 Å². The molecule has 47 heavy (non-hydrogen) atoms. The van der Waals surface area contributed by atoms with Crippen LogP contribution in [0.3, 0.4) is 0 Å². The van der Waals surface area contributed by atoms with E-state index < -0.39 is 27.6 Å². The van der Waals surface area contributed by atoms with E-state index in [1.165, 1.54) is 12.1 Å². The Labute approximate surface area is 277 Å². The summed E-state index contributed by atoms with van der Waals surface area (Å²) in [5, 5.41) is 0. The van der Waals surface area contributed by atoms with E-state index >= 15 is 4.79 Å². The molecule has 0 N–H and O–H groups in total. The Kier molecular flexibility index (Phi) is 9.33. The third kappa shape index (κ3) is 6.00. The average molecular weight is 661 g/mol. The monoisotopic (exact) mass is 660 g/mol. The van der Waals surface area contributed by atoms with E-state index in [1.807, 2.05) is 26.8 Å². The van der Waals surface area contributed by atoms with Gasteiger partial charge < -0.3 is 19.3 Å². The van der Waals surface area contributed by atoms with Crippen molar-refractivity contribution < 1.29 is 27.5 Å². The number of nitrogens with zero attached hydrogens (tertiary/aromatic N) is 4. The third-order valence-corrected chi connectivity index (χ3v) is 11.3. The molecule has 11 heteroatoms. The van der Waals surface area contributed by atoms with Gasteiger partial charge in [0.2, 0.25) is 5.60 Å². The number of benzene rings is 3. The summed E-state index contributed by atoms with van der Waals surface area (Å²) in [5.41, 5.74) is -0.529. The van der Waals surface area contributed by atoms with Crippen molar-refractivity contribution >= 4 is 27.7 Å². The van der Waals surface area contributed by atoms with Crippen molar-refractivity contribution in [3.05, 3.63) is 89.5 Å². The van der Waals surface area contributed by atoms with Crippen LogP contribution in [-0.2, 0) is 25.2 Å². The van der Waals surface area contributed by atoms with Gasteiger partial charge in [0.1, 0.15) is 5.75 Å². The van der Waals surface area contributed by atoms with E-state index in [1.54, 1.807) is 59.5 Å². The van der Waals surface area contributed by atoms with Crippen molar-refractivity contribution in [2.24, 2.45) is 0 Å². The van der Waals surface area contributed by atoms with Crippen LogP contribution in [0.4, 0.5) is 10.5 Å². The van der Waals surface area contributed by atoms with Gasteiger partial charge in [0.05, 0.1) is 22.8 Å². The summed E-state index contributed by atoms with van der Waals surface area (Å²) in [6.07, 6.45) is 1.51. The highest BCUT2D eigenvalue weighted by molar-refractivity contribution is 7.93. The zero-order valence-corrected chi connectivity index (χ0v) is 28.4. The predicted octanol–water partition coefficient (Wildman–Crippen LogP) is 5.04. The van der Waals surface area contributed by atoms with E-state index in [2.05, 4.69) is 16.8 Å². The minimum absolute atomic E-state index is 0.0440. The normalized spacial score (nSPS) is 21.3. The Bertz CT molecular complexity index is 1720. The smallest absolute Gasteiger partial charge is 0.411 e. The Hall–Kier alpha value is -3.93. The molecule has 2 amide bonds. The van der Waals surface area contributed by atoms with Crippen LogP contribution < -0.4 is 9.04 Å². The standard InChI is InChI=1S/C36H44N4O6S/c1-5-45-33-14-10-9-13-30(33)36(46-35(42)39-23-21-38(22-24-39)28-17-19-37(4)20-18-28)31-25-27(26(2)3)15-16-32(31)40(34(36)41)47(43,44)29-11-7-6-8-12-29/h6-16,25-26,28H,5,17-24H2,1-4H3. The number of likely N-dealkylation sites (tertiary alicyclic amines) is 1. The van der Waals surface area contributed by atoms with Gasteiger partial charge in [-0.05, 0) is 81.7 Å². The van der Waals surface area contributed by atoms with Gasteiger partial charge in [-0.1, -0.05) is 56.3 Å². The van der Waals surface area contributed by atoms with Crippen molar-refractivity contribution in [1.29, 1.82) is 0 Å². The number of ether oxygens (including phenoxy) is 2. The first kappa shape index (κ1) is 33.0. The topological polar surface area (TPSA) is 99.7 Å². The number of piperazine rings is 1. The number of sulfonamides is 1. The molecule has 3 aliphatic heterocycles. The van der Waals surface area contributed by atoms with Crippen LogP contribution in [0.25, 0.3) is 0 Å². The molecule has 3 heterocycles. The summed E-state index contributed by atoms with van der Waals surface area (Å²) in [4.78, 5) is 35.6. The van der Waals surface area contributed by atoms with Crippen LogP contribution in [0, 0.1) is 0 Å². The SMILES string of the molecule is CCOc1ccccc1C1(OC(=O)N2CCN(C3CCN(C)CC3)CC2)C(=O)N(S(=O)(=O)c2ccccc2)c2ccc(C(C)C)cc21. The zero-order valence-electron chi connectivity index (χ0n) is 27.6. The molecule has 1 atom stereocenters. The number of hydrogen-bond acceptors (Lipinski definition) is 8. The van der Waals surface area contributed by atoms with Crippen LogP contribution >= 0.6 is 0 Å². The number of carbonyl (C=O) groups is 2. The van der Waals surface area contributed by atoms with E-state index in [4.69, 9.17) is 9.47 Å². The molecular weight excluding hydrogens is 616 g/mol. The highest BCUT2D eigenvalue weighted by Crippen LogP contribution is 2.52. The van der Waals surface area contributed by atoms with Gasteiger partial charge in [0.15, 0.2) is 0 Å².